The third kappa shape index (κ3) is 2.19. The molecule has 0 radical (unpaired) electrons. The van der Waals surface area contributed by atoms with E-state index >= 15 is 0 Å². The average molecular weight is 411 g/mol. The van der Waals surface area contributed by atoms with Gasteiger partial charge in [-0.1, -0.05) is 32.4 Å². The zero-order valence-electron chi connectivity index (χ0n) is 19.1. The standard InChI is InChI=1S/C27H38O3/c1-16(24(28)22-6-5-13-30-22)19-7-8-20-18-14-23(29-4)27-15-17(27)9-12-26(27,3)21(18)10-11-25(19,20)2/h5-7,13,16-18,20-21,23-24,28H,8-12,14-15H2,1-4H3/t16-,17+,18-,20-,21-,23+,24-,25+,26+,27-/m0/s1. The van der Waals surface area contributed by atoms with Crippen LogP contribution >= 0.6 is 0 Å². The van der Waals surface area contributed by atoms with Crippen LogP contribution in [0.4, 0.5) is 0 Å². The molecule has 1 aromatic heterocycles. The normalized spacial score (nSPS) is 50.7. The molecule has 30 heavy (non-hydrogen) atoms. The second-order valence-corrected chi connectivity index (χ2v) is 11.8. The van der Waals surface area contributed by atoms with Crippen LogP contribution in [0.25, 0.3) is 0 Å². The van der Waals surface area contributed by atoms with E-state index < -0.39 is 6.10 Å². The lowest BCUT2D eigenvalue weighted by Crippen LogP contribution is -2.56. The maximum Gasteiger partial charge on any atom is 0.132 e. The van der Waals surface area contributed by atoms with Crippen molar-refractivity contribution in [2.24, 2.45) is 45.8 Å². The first-order chi connectivity index (χ1) is 14.4. The summed E-state index contributed by atoms with van der Waals surface area (Å²) < 4.78 is 11.8. The summed E-state index contributed by atoms with van der Waals surface area (Å²) in [4.78, 5) is 0. The molecule has 10 atom stereocenters. The maximum absolute atomic E-state index is 11.0. The molecule has 0 aliphatic heterocycles. The molecule has 4 fully saturated rings. The van der Waals surface area contributed by atoms with Gasteiger partial charge in [0.05, 0.1) is 12.4 Å². The van der Waals surface area contributed by atoms with E-state index in [1.807, 2.05) is 19.2 Å². The highest BCUT2D eigenvalue weighted by molar-refractivity contribution is 5.32. The lowest BCUT2D eigenvalue weighted by atomic mass is 9.45. The van der Waals surface area contributed by atoms with Gasteiger partial charge in [0.15, 0.2) is 0 Å². The van der Waals surface area contributed by atoms with Crippen molar-refractivity contribution in [3.63, 3.8) is 0 Å². The maximum atomic E-state index is 11.0. The van der Waals surface area contributed by atoms with Crippen molar-refractivity contribution in [2.45, 2.75) is 77.9 Å². The fourth-order valence-corrected chi connectivity index (χ4v) is 9.76. The molecule has 1 N–H and O–H groups in total. The van der Waals surface area contributed by atoms with Crippen molar-refractivity contribution < 1.29 is 14.3 Å². The van der Waals surface area contributed by atoms with Gasteiger partial charge in [-0.25, -0.2) is 0 Å². The number of fused-ring (bicyclic) bond motifs is 4. The molecule has 6 rings (SSSR count). The Hall–Kier alpha value is -1.06. The molecular formula is C27H38O3. The predicted molar refractivity (Wildman–Crippen MR) is 117 cm³/mol. The zero-order chi connectivity index (χ0) is 20.9. The van der Waals surface area contributed by atoms with E-state index in [9.17, 15) is 5.11 Å². The summed E-state index contributed by atoms with van der Waals surface area (Å²) >= 11 is 0. The molecule has 1 spiro atoms. The Morgan fingerprint density at radius 3 is 2.73 bits per heavy atom. The van der Waals surface area contributed by atoms with E-state index in [2.05, 4.69) is 26.8 Å². The molecule has 1 heterocycles. The number of hydrogen-bond acceptors (Lipinski definition) is 3. The minimum absolute atomic E-state index is 0.103. The second-order valence-electron chi connectivity index (χ2n) is 11.8. The number of aliphatic hydroxyl groups excluding tert-OH is 1. The number of furan rings is 1. The molecule has 0 saturated heterocycles. The van der Waals surface area contributed by atoms with Crippen LogP contribution in [0, 0.1) is 45.8 Å². The SMILES string of the molecule is CO[C@@H]1C[C@H]2[C@@H]3CC=C([C@H](C)[C@H](O)c4ccco4)[C@@]3(C)CC[C@@H]2[C@@]2(C)CC[C@@H]3C[C@]312. The van der Waals surface area contributed by atoms with Crippen LogP contribution in [0.15, 0.2) is 34.5 Å². The molecule has 3 heteroatoms. The van der Waals surface area contributed by atoms with Crippen molar-refractivity contribution in [3.8, 4) is 0 Å². The Kier molecular flexibility index (Phi) is 4.09. The Morgan fingerprint density at radius 2 is 2.03 bits per heavy atom. The quantitative estimate of drug-likeness (QED) is 0.605. The van der Waals surface area contributed by atoms with E-state index in [1.54, 1.807) is 6.26 Å². The van der Waals surface area contributed by atoms with Crippen molar-refractivity contribution in [1.82, 2.24) is 0 Å². The number of ether oxygens (including phenoxy) is 1. The van der Waals surface area contributed by atoms with Crippen LogP contribution in [0.2, 0.25) is 0 Å². The molecule has 0 amide bonds. The highest BCUT2D eigenvalue weighted by atomic mass is 16.5. The Bertz CT molecular complexity index is 857. The average Bonchev–Trinajstić information content (AvgIpc) is 3.06. The first kappa shape index (κ1) is 19.6. The molecule has 164 valence electrons. The van der Waals surface area contributed by atoms with E-state index in [4.69, 9.17) is 9.15 Å². The summed E-state index contributed by atoms with van der Waals surface area (Å²) in [5, 5.41) is 11.0. The fourth-order valence-electron chi connectivity index (χ4n) is 9.76. The van der Waals surface area contributed by atoms with Gasteiger partial charge in [0.25, 0.3) is 0 Å². The van der Waals surface area contributed by atoms with Gasteiger partial charge in [-0.3, -0.25) is 0 Å². The van der Waals surface area contributed by atoms with Crippen LogP contribution < -0.4 is 0 Å². The molecule has 5 aliphatic rings. The molecule has 1 aromatic rings. The van der Waals surface area contributed by atoms with E-state index in [0.29, 0.717) is 28.6 Å². The number of hydrogen-bond donors (Lipinski definition) is 1. The first-order valence-corrected chi connectivity index (χ1v) is 12.3. The van der Waals surface area contributed by atoms with Gasteiger partial charge in [0.1, 0.15) is 11.9 Å². The van der Waals surface area contributed by atoms with Gasteiger partial charge in [-0.2, -0.15) is 0 Å². The molecule has 0 bridgehead atoms. The highest BCUT2D eigenvalue weighted by Gasteiger charge is 2.77. The van der Waals surface area contributed by atoms with Crippen LogP contribution in [-0.2, 0) is 4.74 Å². The molecule has 0 unspecified atom stereocenters. The predicted octanol–water partition coefficient (Wildman–Crippen LogP) is 6.15. The minimum Gasteiger partial charge on any atom is -0.467 e. The van der Waals surface area contributed by atoms with Crippen molar-refractivity contribution in [3.05, 3.63) is 35.8 Å². The van der Waals surface area contributed by atoms with Gasteiger partial charge in [-0.15, -0.1) is 0 Å². The summed E-state index contributed by atoms with van der Waals surface area (Å²) in [5.74, 6) is 4.04. The summed E-state index contributed by atoms with van der Waals surface area (Å²) in [6.45, 7) is 7.33. The third-order valence-electron chi connectivity index (χ3n) is 11.3. The minimum atomic E-state index is -0.555. The summed E-state index contributed by atoms with van der Waals surface area (Å²) in [5.41, 5.74) is 2.65. The highest BCUT2D eigenvalue weighted by Crippen LogP contribution is 2.82. The van der Waals surface area contributed by atoms with E-state index in [-0.39, 0.29) is 11.3 Å². The molecule has 0 aromatic carbocycles. The first-order valence-electron chi connectivity index (χ1n) is 12.3. The summed E-state index contributed by atoms with van der Waals surface area (Å²) in [7, 11) is 1.97. The Balaban J connectivity index is 1.30. The van der Waals surface area contributed by atoms with Crippen molar-refractivity contribution >= 4 is 0 Å². The van der Waals surface area contributed by atoms with Crippen LogP contribution in [-0.4, -0.2) is 18.3 Å². The van der Waals surface area contributed by atoms with Gasteiger partial charge < -0.3 is 14.3 Å². The topological polar surface area (TPSA) is 42.6 Å². The largest absolute Gasteiger partial charge is 0.467 e. The number of methoxy groups -OCH3 is 1. The van der Waals surface area contributed by atoms with Crippen molar-refractivity contribution in [2.75, 3.05) is 7.11 Å². The molecule has 5 aliphatic carbocycles. The lowest BCUT2D eigenvalue weighted by Gasteiger charge is -2.60. The molecular weight excluding hydrogens is 372 g/mol. The van der Waals surface area contributed by atoms with Crippen molar-refractivity contribution in [1.29, 1.82) is 0 Å². The summed E-state index contributed by atoms with van der Waals surface area (Å²) in [6.07, 6.45) is 13.4. The van der Waals surface area contributed by atoms with Gasteiger partial charge in [0, 0.05) is 18.4 Å². The summed E-state index contributed by atoms with van der Waals surface area (Å²) in [6, 6.07) is 3.78. The monoisotopic (exact) mass is 410 g/mol. The number of rotatable bonds is 4. The van der Waals surface area contributed by atoms with E-state index in [0.717, 1.165) is 17.8 Å². The number of aliphatic hydroxyl groups is 1. The van der Waals surface area contributed by atoms with Gasteiger partial charge in [0.2, 0.25) is 0 Å². The number of allylic oxidation sites excluding steroid dienone is 1. The van der Waals surface area contributed by atoms with Gasteiger partial charge >= 0.3 is 0 Å². The Morgan fingerprint density at radius 1 is 1.20 bits per heavy atom. The fraction of sp³-hybridized carbons (Fsp3) is 0.778. The van der Waals surface area contributed by atoms with Crippen LogP contribution in [0.5, 0.6) is 0 Å². The smallest absolute Gasteiger partial charge is 0.132 e. The Labute approximate surface area is 181 Å². The molecule has 4 saturated carbocycles. The van der Waals surface area contributed by atoms with E-state index in [1.165, 1.54) is 50.5 Å². The lowest BCUT2D eigenvalue weighted by molar-refractivity contribution is -0.154. The van der Waals surface area contributed by atoms with Crippen LogP contribution in [0.3, 0.4) is 0 Å². The second kappa shape index (κ2) is 6.25. The third-order valence-corrected chi connectivity index (χ3v) is 11.3. The van der Waals surface area contributed by atoms with Gasteiger partial charge in [-0.05, 0) is 91.6 Å². The molecule has 3 nitrogen and oxygen atoms in total. The zero-order valence-corrected chi connectivity index (χ0v) is 19.1. The van der Waals surface area contributed by atoms with Crippen LogP contribution in [0.1, 0.15) is 77.6 Å².